The molecule has 0 saturated carbocycles. The molecule has 0 fully saturated rings. The molecule has 3 rings (SSSR count). The molecule has 1 unspecified atom stereocenters. The van der Waals surface area contributed by atoms with Crippen molar-refractivity contribution >= 4 is 17.2 Å². The SMILES string of the molecule is NCC1CC(c2ccc(Nc3ccccn3)cc2)=NO1. The maximum absolute atomic E-state index is 5.57. The van der Waals surface area contributed by atoms with Crippen molar-refractivity contribution in [1.82, 2.24) is 4.98 Å². The standard InChI is InChI=1S/C15H16N4O/c16-10-13-9-14(19-20-13)11-4-6-12(7-5-11)18-15-3-1-2-8-17-15/h1-8,13H,9-10,16H2,(H,17,18). The van der Waals surface area contributed by atoms with Crippen molar-refractivity contribution in [3.8, 4) is 0 Å². The first kappa shape index (κ1) is 12.6. The Kier molecular flexibility index (Phi) is 3.60. The Morgan fingerprint density at radius 3 is 2.70 bits per heavy atom. The van der Waals surface area contributed by atoms with Gasteiger partial charge in [0.15, 0.2) is 0 Å². The van der Waals surface area contributed by atoms with Gasteiger partial charge < -0.3 is 15.9 Å². The van der Waals surface area contributed by atoms with Crippen LogP contribution in [-0.2, 0) is 4.84 Å². The Labute approximate surface area is 117 Å². The van der Waals surface area contributed by atoms with Crippen LogP contribution in [0.25, 0.3) is 0 Å². The van der Waals surface area contributed by atoms with E-state index in [-0.39, 0.29) is 6.10 Å². The smallest absolute Gasteiger partial charge is 0.145 e. The van der Waals surface area contributed by atoms with Crippen molar-refractivity contribution in [3.05, 3.63) is 54.2 Å². The zero-order chi connectivity index (χ0) is 13.8. The second-order valence-corrected chi connectivity index (χ2v) is 4.62. The molecule has 5 heteroatoms. The van der Waals surface area contributed by atoms with E-state index in [4.69, 9.17) is 10.6 Å². The van der Waals surface area contributed by atoms with Crippen molar-refractivity contribution in [2.24, 2.45) is 10.9 Å². The van der Waals surface area contributed by atoms with Gasteiger partial charge in [0, 0.05) is 24.8 Å². The van der Waals surface area contributed by atoms with E-state index >= 15 is 0 Å². The Hall–Kier alpha value is -2.40. The van der Waals surface area contributed by atoms with E-state index < -0.39 is 0 Å². The topological polar surface area (TPSA) is 72.5 Å². The number of nitrogens with one attached hydrogen (secondary N) is 1. The number of nitrogens with zero attached hydrogens (tertiary/aromatic N) is 2. The van der Waals surface area contributed by atoms with Gasteiger partial charge in [0.05, 0.1) is 5.71 Å². The predicted molar refractivity (Wildman–Crippen MR) is 79.0 cm³/mol. The van der Waals surface area contributed by atoms with Crippen LogP contribution in [-0.4, -0.2) is 23.3 Å². The van der Waals surface area contributed by atoms with Crippen molar-refractivity contribution < 1.29 is 4.84 Å². The Balaban J connectivity index is 1.69. The van der Waals surface area contributed by atoms with Gasteiger partial charge >= 0.3 is 0 Å². The lowest BCUT2D eigenvalue weighted by Crippen LogP contribution is -2.20. The highest BCUT2D eigenvalue weighted by atomic mass is 16.6. The van der Waals surface area contributed by atoms with Crippen LogP contribution in [0.5, 0.6) is 0 Å². The quantitative estimate of drug-likeness (QED) is 0.892. The minimum absolute atomic E-state index is 0.0105. The van der Waals surface area contributed by atoms with Crippen molar-refractivity contribution in [3.63, 3.8) is 0 Å². The lowest BCUT2D eigenvalue weighted by atomic mass is 10.0. The van der Waals surface area contributed by atoms with E-state index in [0.29, 0.717) is 6.54 Å². The molecule has 0 radical (unpaired) electrons. The summed E-state index contributed by atoms with van der Waals surface area (Å²) in [6.07, 6.45) is 2.54. The van der Waals surface area contributed by atoms with Crippen molar-refractivity contribution in [2.45, 2.75) is 12.5 Å². The van der Waals surface area contributed by atoms with Crippen LogP contribution < -0.4 is 11.1 Å². The Morgan fingerprint density at radius 1 is 1.20 bits per heavy atom. The molecule has 1 aromatic heterocycles. The molecule has 0 amide bonds. The summed E-state index contributed by atoms with van der Waals surface area (Å²) in [5.41, 5.74) is 8.57. The fourth-order valence-corrected chi connectivity index (χ4v) is 2.06. The third-order valence-electron chi connectivity index (χ3n) is 3.15. The molecule has 1 atom stereocenters. The fourth-order valence-electron chi connectivity index (χ4n) is 2.06. The average molecular weight is 268 g/mol. The molecule has 102 valence electrons. The van der Waals surface area contributed by atoms with Crippen LogP contribution in [0, 0.1) is 0 Å². The number of aromatic nitrogens is 1. The highest BCUT2D eigenvalue weighted by molar-refractivity contribution is 6.01. The monoisotopic (exact) mass is 268 g/mol. The van der Waals surface area contributed by atoms with Gasteiger partial charge in [-0.3, -0.25) is 0 Å². The van der Waals surface area contributed by atoms with E-state index in [2.05, 4.69) is 15.5 Å². The highest BCUT2D eigenvalue weighted by Gasteiger charge is 2.20. The number of rotatable bonds is 4. The fraction of sp³-hybridized carbons (Fsp3) is 0.200. The summed E-state index contributed by atoms with van der Waals surface area (Å²) in [5, 5.41) is 7.32. The lowest BCUT2D eigenvalue weighted by Gasteiger charge is -2.06. The van der Waals surface area contributed by atoms with Gasteiger partial charge in [-0.25, -0.2) is 4.98 Å². The summed E-state index contributed by atoms with van der Waals surface area (Å²) in [5.74, 6) is 0.824. The third kappa shape index (κ3) is 2.78. The molecule has 20 heavy (non-hydrogen) atoms. The van der Waals surface area contributed by atoms with E-state index in [9.17, 15) is 0 Å². The molecular weight excluding hydrogens is 252 g/mol. The first-order valence-corrected chi connectivity index (χ1v) is 6.56. The highest BCUT2D eigenvalue weighted by Crippen LogP contribution is 2.19. The summed E-state index contributed by atoms with van der Waals surface area (Å²) in [6, 6.07) is 13.8. The second kappa shape index (κ2) is 5.71. The maximum atomic E-state index is 5.57. The zero-order valence-electron chi connectivity index (χ0n) is 11.0. The van der Waals surface area contributed by atoms with Crippen LogP contribution >= 0.6 is 0 Å². The normalized spacial score (nSPS) is 17.4. The number of hydrogen-bond donors (Lipinski definition) is 2. The molecule has 0 aliphatic carbocycles. The molecule has 2 aromatic rings. The van der Waals surface area contributed by atoms with Crippen molar-refractivity contribution in [1.29, 1.82) is 0 Å². The van der Waals surface area contributed by atoms with Gasteiger partial charge in [-0.15, -0.1) is 0 Å². The molecule has 0 spiro atoms. The number of benzene rings is 1. The summed E-state index contributed by atoms with van der Waals surface area (Å²) >= 11 is 0. The first-order chi connectivity index (χ1) is 9.85. The van der Waals surface area contributed by atoms with Crippen LogP contribution in [0.2, 0.25) is 0 Å². The van der Waals surface area contributed by atoms with Gasteiger partial charge in [0.1, 0.15) is 11.9 Å². The van der Waals surface area contributed by atoms with Crippen LogP contribution in [0.3, 0.4) is 0 Å². The summed E-state index contributed by atoms with van der Waals surface area (Å²) < 4.78 is 0. The summed E-state index contributed by atoms with van der Waals surface area (Å²) in [4.78, 5) is 9.46. The number of pyridine rings is 1. The van der Waals surface area contributed by atoms with Gasteiger partial charge in [-0.05, 0) is 29.8 Å². The average Bonchev–Trinajstić information content (AvgIpc) is 2.98. The number of hydrogen-bond acceptors (Lipinski definition) is 5. The minimum Gasteiger partial charge on any atom is -0.390 e. The second-order valence-electron chi connectivity index (χ2n) is 4.62. The van der Waals surface area contributed by atoms with Crippen LogP contribution in [0.4, 0.5) is 11.5 Å². The lowest BCUT2D eigenvalue weighted by molar-refractivity contribution is 0.0918. The third-order valence-corrected chi connectivity index (χ3v) is 3.15. The first-order valence-electron chi connectivity index (χ1n) is 6.56. The van der Waals surface area contributed by atoms with E-state index in [0.717, 1.165) is 29.2 Å². The molecule has 2 heterocycles. The number of nitrogens with two attached hydrogens (primary N) is 1. The van der Waals surface area contributed by atoms with E-state index in [1.165, 1.54) is 0 Å². The van der Waals surface area contributed by atoms with Crippen LogP contribution in [0.1, 0.15) is 12.0 Å². The zero-order valence-corrected chi connectivity index (χ0v) is 11.0. The Morgan fingerprint density at radius 2 is 2.05 bits per heavy atom. The molecule has 0 saturated heterocycles. The van der Waals surface area contributed by atoms with Gasteiger partial charge in [-0.1, -0.05) is 23.4 Å². The largest absolute Gasteiger partial charge is 0.390 e. The molecule has 1 aliphatic heterocycles. The molecule has 1 aliphatic rings. The summed E-state index contributed by atoms with van der Waals surface area (Å²) in [6.45, 7) is 0.492. The molecule has 1 aromatic carbocycles. The molecule has 0 bridgehead atoms. The van der Waals surface area contributed by atoms with Gasteiger partial charge in [0.2, 0.25) is 0 Å². The predicted octanol–water partition coefficient (Wildman–Crippen LogP) is 2.28. The summed E-state index contributed by atoms with van der Waals surface area (Å²) in [7, 11) is 0. The molecular formula is C15H16N4O. The number of oxime groups is 1. The van der Waals surface area contributed by atoms with E-state index in [1.807, 2.05) is 42.5 Å². The van der Waals surface area contributed by atoms with Crippen LogP contribution in [0.15, 0.2) is 53.8 Å². The minimum atomic E-state index is 0.0105. The maximum Gasteiger partial charge on any atom is 0.145 e. The Bertz CT molecular complexity index is 595. The van der Waals surface area contributed by atoms with E-state index in [1.54, 1.807) is 6.20 Å². The van der Waals surface area contributed by atoms with Gasteiger partial charge in [0.25, 0.3) is 0 Å². The molecule has 3 N–H and O–H groups in total. The molecule has 5 nitrogen and oxygen atoms in total. The van der Waals surface area contributed by atoms with Gasteiger partial charge in [-0.2, -0.15) is 0 Å². The number of anilines is 2. The van der Waals surface area contributed by atoms with Crippen molar-refractivity contribution in [2.75, 3.05) is 11.9 Å².